The largest absolute Gasteiger partial charge is 0.507 e. The number of furan rings is 1. The van der Waals surface area contributed by atoms with Gasteiger partial charge in [-0.1, -0.05) is 106 Å². The molecule has 0 radical (unpaired) electrons. The van der Waals surface area contributed by atoms with Crippen molar-refractivity contribution >= 4 is 65.2 Å². The number of phenolic OH excluding ortho intramolecular Hbond substituents is 1. The Balaban J connectivity index is 1.27. The molecule has 0 aliphatic heterocycles. The van der Waals surface area contributed by atoms with Gasteiger partial charge in [0.05, 0.1) is 22.3 Å². The number of aromatic nitrogens is 2. The van der Waals surface area contributed by atoms with Crippen LogP contribution >= 0.6 is 0 Å². The van der Waals surface area contributed by atoms with Crippen molar-refractivity contribution in [1.29, 1.82) is 0 Å². The van der Waals surface area contributed by atoms with E-state index in [0.717, 1.165) is 93.2 Å². The van der Waals surface area contributed by atoms with Crippen molar-refractivity contribution in [2.75, 3.05) is 0 Å². The summed E-state index contributed by atoms with van der Waals surface area (Å²) in [7, 11) is 0. The Labute approximate surface area is 300 Å². The molecule has 0 aliphatic carbocycles. The molecule has 4 heteroatoms. The Morgan fingerprint density at radius 1 is 0.500 bits per heavy atom. The summed E-state index contributed by atoms with van der Waals surface area (Å²) in [6, 6.07) is 48.3. The smallest absolute Gasteiger partial charge is 0.139 e. The summed E-state index contributed by atoms with van der Waals surface area (Å²) in [6.45, 7) is 6.71. The highest BCUT2D eigenvalue weighted by Crippen LogP contribution is 2.47. The molecule has 0 fully saturated rings. The highest BCUT2D eigenvalue weighted by molar-refractivity contribution is 6.37. The molecule has 10 rings (SSSR count). The second kappa shape index (κ2) is 11.2. The topological polar surface area (TPSA) is 59.2 Å². The van der Waals surface area contributed by atoms with Crippen molar-refractivity contribution in [3.8, 4) is 39.4 Å². The minimum atomic E-state index is -0.115. The van der Waals surface area contributed by atoms with E-state index in [9.17, 15) is 5.11 Å². The van der Waals surface area contributed by atoms with Gasteiger partial charge in [0, 0.05) is 44.9 Å². The van der Waals surface area contributed by atoms with E-state index >= 15 is 0 Å². The van der Waals surface area contributed by atoms with Crippen LogP contribution in [0.15, 0.2) is 150 Å². The summed E-state index contributed by atoms with van der Waals surface area (Å²) in [5, 5.41) is 21.0. The monoisotopic (exact) mass is 670 g/mol. The second-order valence-corrected chi connectivity index (χ2v) is 14.8. The number of hydrogen-bond donors (Lipinski definition) is 1. The SMILES string of the molecule is CC(C)(C)c1cc(-c2cc(-c3ccccc3)ccn2)cc(-c2ccc3c4ccccc4c4c(c(O)cc5oc6ccc7ccccc7c6c54)c3n2)c1. The van der Waals surface area contributed by atoms with E-state index in [4.69, 9.17) is 14.4 Å². The number of pyridine rings is 2. The van der Waals surface area contributed by atoms with Crippen LogP contribution < -0.4 is 0 Å². The minimum absolute atomic E-state index is 0.115. The summed E-state index contributed by atoms with van der Waals surface area (Å²) in [5.74, 6) is 0.150. The molecule has 0 amide bonds. The van der Waals surface area contributed by atoms with Gasteiger partial charge in [-0.3, -0.25) is 4.98 Å². The third-order valence-electron chi connectivity index (χ3n) is 10.5. The quantitative estimate of drug-likeness (QED) is 0.190. The highest BCUT2D eigenvalue weighted by atomic mass is 16.3. The van der Waals surface area contributed by atoms with Crippen LogP contribution in [-0.4, -0.2) is 15.1 Å². The Hall–Kier alpha value is -6.52. The lowest BCUT2D eigenvalue weighted by atomic mass is 9.84. The van der Waals surface area contributed by atoms with E-state index in [1.165, 1.54) is 5.56 Å². The van der Waals surface area contributed by atoms with Gasteiger partial charge in [-0.25, -0.2) is 4.98 Å². The normalized spacial score (nSPS) is 12.2. The third-order valence-corrected chi connectivity index (χ3v) is 10.5. The molecule has 1 N–H and O–H groups in total. The van der Waals surface area contributed by atoms with Crippen LogP contribution in [0.1, 0.15) is 26.3 Å². The number of nitrogens with zero attached hydrogens (tertiary/aromatic N) is 2. The highest BCUT2D eigenvalue weighted by Gasteiger charge is 2.23. The fraction of sp³-hybridized carbons (Fsp3) is 0.0833. The van der Waals surface area contributed by atoms with Gasteiger partial charge >= 0.3 is 0 Å². The molecule has 0 unspecified atom stereocenters. The number of hydrogen-bond acceptors (Lipinski definition) is 4. The van der Waals surface area contributed by atoms with Gasteiger partial charge in [-0.15, -0.1) is 0 Å². The molecule has 0 saturated heterocycles. The van der Waals surface area contributed by atoms with Crippen LogP contribution in [0.3, 0.4) is 0 Å². The number of fused-ring (bicyclic) bond motifs is 12. The Morgan fingerprint density at radius 2 is 1.23 bits per heavy atom. The Kier molecular flexibility index (Phi) is 6.56. The lowest BCUT2D eigenvalue weighted by Gasteiger charge is -2.21. The molecule has 0 atom stereocenters. The van der Waals surface area contributed by atoms with E-state index in [1.807, 2.05) is 18.3 Å². The first-order valence-corrected chi connectivity index (χ1v) is 17.7. The van der Waals surface area contributed by atoms with Gasteiger partial charge in [0.1, 0.15) is 16.9 Å². The van der Waals surface area contributed by atoms with Crippen LogP contribution in [0.2, 0.25) is 0 Å². The molecule has 0 bridgehead atoms. The number of rotatable bonds is 3. The first kappa shape index (κ1) is 30.3. The fourth-order valence-corrected chi connectivity index (χ4v) is 7.91. The summed E-state index contributed by atoms with van der Waals surface area (Å²) in [4.78, 5) is 10.3. The molecule has 0 aliphatic rings. The van der Waals surface area contributed by atoms with Gasteiger partial charge < -0.3 is 9.52 Å². The zero-order valence-corrected chi connectivity index (χ0v) is 29.1. The molecular weight excluding hydrogens is 637 g/mol. The van der Waals surface area contributed by atoms with Crippen molar-refractivity contribution < 1.29 is 9.52 Å². The standard InChI is InChI=1S/C48H34N2O2/c1-48(2,3)33-24-31(23-32(25-33)39-26-30(21-22-49-39)28-11-5-4-6-12-28)38-19-18-37-35-15-9-10-16-36(35)44-45(47(37)50-38)40(51)27-42-46(44)43-34-14-8-7-13-29(34)17-20-41(43)52-42/h4-27,51H,1-3H3. The molecule has 7 aromatic carbocycles. The van der Waals surface area contributed by atoms with E-state index in [1.54, 1.807) is 6.07 Å². The Bertz CT molecular complexity index is 3060. The molecule has 4 nitrogen and oxygen atoms in total. The number of phenols is 1. The summed E-state index contributed by atoms with van der Waals surface area (Å²) in [6.07, 6.45) is 1.89. The van der Waals surface area contributed by atoms with Crippen molar-refractivity contribution in [2.24, 2.45) is 0 Å². The molecule has 0 saturated carbocycles. The molecule has 248 valence electrons. The van der Waals surface area contributed by atoms with Gasteiger partial charge in [0.2, 0.25) is 0 Å². The maximum atomic E-state index is 11.9. The molecule has 10 aromatic rings. The molecule has 52 heavy (non-hydrogen) atoms. The first-order chi connectivity index (χ1) is 25.3. The minimum Gasteiger partial charge on any atom is -0.507 e. The van der Waals surface area contributed by atoms with Gasteiger partial charge in [-0.05, 0) is 92.2 Å². The van der Waals surface area contributed by atoms with Crippen LogP contribution in [0.25, 0.3) is 98.8 Å². The van der Waals surface area contributed by atoms with E-state index in [2.05, 4.69) is 142 Å². The lowest BCUT2D eigenvalue weighted by Crippen LogP contribution is -2.11. The van der Waals surface area contributed by atoms with Crippen molar-refractivity contribution in [3.05, 3.63) is 151 Å². The number of benzene rings is 7. The zero-order valence-electron chi connectivity index (χ0n) is 29.1. The zero-order chi connectivity index (χ0) is 35.1. The number of aromatic hydroxyl groups is 1. The van der Waals surface area contributed by atoms with Gasteiger partial charge in [-0.2, -0.15) is 0 Å². The molecule has 3 aromatic heterocycles. The molecule has 0 spiro atoms. The summed E-state index contributed by atoms with van der Waals surface area (Å²) < 4.78 is 6.45. The Morgan fingerprint density at radius 3 is 2.04 bits per heavy atom. The van der Waals surface area contributed by atoms with E-state index in [-0.39, 0.29) is 11.2 Å². The maximum Gasteiger partial charge on any atom is 0.139 e. The average molecular weight is 671 g/mol. The average Bonchev–Trinajstić information content (AvgIpc) is 3.56. The summed E-state index contributed by atoms with van der Waals surface area (Å²) in [5.41, 5.74) is 9.33. The fourth-order valence-electron chi connectivity index (χ4n) is 7.91. The lowest BCUT2D eigenvalue weighted by molar-refractivity contribution is 0.481. The van der Waals surface area contributed by atoms with Crippen molar-refractivity contribution in [3.63, 3.8) is 0 Å². The van der Waals surface area contributed by atoms with Crippen molar-refractivity contribution in [2.45, 2.75) is 26.2 Å². The predicted molar refractivity (Wildman–Crippen MR) is 216 cm³/mol. The van der Waals surface area contributed by atoms with Crippen LogP contribution in [0.4, 0.5) is 0 Å². The predicted octanol–water partition coefficient (Wildman–Crippen LogP) is 13.0. The van der Waals surface area contributed by atoms with E-state index < -0.39 is 0 Å². The van der Waals surface area contributed by atoms with Crippen LogP contribution in [0, 0.1) is 0 Å². The van der Waals surface area contributed by atoms with Crippen molar-refractivity contribution in [1.82, 2.24) is 9.97 Å². The summed E-state index contributed by atoms with van der Waals surface area (Å²) >= 11 is 0. The van der Waals surface area contributed by atoms with Gasteiger partial charge in [0.25, 0.3) is 0 Å². The maximum absolute atomic E-state index is 11.9. The molecular formula is C48H34N2O2. The van der Waals surface area contributed by atoms with E-state index in [0.29, 0.717) is 5.58 Å². The third kappa shape index (κ3) is 4.68. The van der Waals surface area contributed by atoms with Crippen LogP contribution in [0.5, 0.6) is 5.75 Å². The second-order valence-electron chi connectivity index (χ2n) is 14.8. The van der Waals surface area contributed by atoms with Crippen LogP contribution in [-0.2, 0) is 5.41 Å². The first-order valence-electron chi connectivity index (χ1n) is 17.7. The molecule has 3 heterocycles. The van der Waals surface area contributed by atoms with Gasteiger partial charge in [0.15, 0.2) is 0 Å².